The van der Waals surface area contributed by atoms with Crippen molar-refractivity contribution in [1.82, 2.24) is 9.88 Å². The Morgan fingerprint density at radius 1 is 1.68 bits per heavy atom. The lowest BCUT2D eigenvalue weighted by Gasteiger charge is -2.37. The minimum Gasteiger partial charge on any atom is -0.393 e. The molecule has 0 aromatic carbocycles. The molecule has 19 heavy (non-hydrogen) atoms. The van der Waals surface area contributed by atoms with Crippen molar-refractivity contribution in [1.29, 1.82) is 0 Å². The molecule has 1 fully saturated rings. The molecule has 6 nitrogen and oxygen atoms in total. The summed E-state index contributed by atoms with van der Waals surface area (Å²) in [6, 6.07) is 0. The Hall–Kier alpha value is -1.02. The van der Waals surface area contributed by atoms with Crippen molar-refractivity contribution in [3.63, 3.8) is 0 Å². The fourth-order valence-corrected chi connectivity index (χ4v) is 3.00. The van der Waals surface area contributed by atoms with Crippen LogP contribution in [0, 0.1) is 0 Å². The Morgan fingerprint density at radius 3 is 3.16 bits per heavy atom. The molecule has 0 radical (unpaired) electrons. The molecule has 0 saturated carbocycles. The van der Waals surface area contributed by atoms with Crippen LogP contribution in [-0.4, -0.2) is 58.4 Å². The third-order valence-corrected chi connectivity index (χ3v) is 4.11. The van der Waals surface area contributed by atoms with Crippen LogP contribution in [0.25, 0.3) is 0 Å². The second-order valence-corrected chi connectivity index (χ2v) is 5.63. The van der Waals surface area contributed by atoms with Gasteiger partial charge < -0.3 is 19.8 Å². The number of hydrogen-bond donors (Lipinski definition) is 2. The number of aliphatic hydroxyl groups is 2. The molecule has 7 heteroatoms. The van der Waals surface area contributed by atoms with Crippen LogP contribution < -0.4 is 0 Å². The van der Waals surface area contributed by atoms with Crippen molar-refractivity contribution >= 4 is 17.2 Å². The Kier molecular flexibility index (Phi) is 4.51. The van der Waals surface area contributed by atoms with Gasteiger partial charge in [-0.05, 0) is 12.8 Å². The van der Waals surface area contributed by atoms with E-state index in [0.717, 1.165) is 0 Å². The van der Waals surface area contributed by atoms with Gasteiger partial charge in [0.15, 0.2) is 0 Å². The maximum absolute atomic E-state index is 12.4. The summed E-state index contributed by atoms with van der Waals surface area (Å²) in [5.74, 6) is -0.152. The molecule has 1 aromatic rings. The summed E-state index contributed by atoms with van der Waals surface area (Å²) in [5, 5.41) is 19.3. The van der Waals surface area contributed by atoms with E-state index >= 15 is 0 Å². The lowest BCUT2D eigenvalue weighted by atomic mass is 9.93. The Labute approximate surface area is 115 Å². The van der Waals surface area contributed by atoms with Gasteiger partial charge in [-0.2, -0.15) is 0 Å². The summed E-state index contributed by atoms with van der Waals surface area (Å²) in [6.45, 7) is 0.713. The minimum absolute atomic E-state index is 0.152. The molecule has 2 heterocycles. The van der Waals surface area contributed by atoms with E-state index in [1.54, 1.807) is 17.5 Å². The molecule has 1 amide bonds. The van der Waals surface area contributed by atoms with E-state index in [4.69, 9.17) is 4.74 Å². The molecule has 106 valence electrons. The fourth-order valence-electron chi connectivity index (χ4n) is 2.24. The van der Waals surface area contributed by atoms with Crippen molar-refractivity contribution in [3.05, 3.63) is 16.1 Å². The van der Waals surface area contributed by atoms with E-state index in [-0.39, 0.29) is 19.1 Å². The van der Waals surface area contributed by atoms with Crippen molar-refractivity contribution in [2.24, 2.45) is 0 Å². The molecule has 1 aliphatic heterocycles. The number of rotatable bonds is 4. The molecule has 2 N–H and O–H groups in total. The number of carbonyl (C=O) groups excluding carboxylic acids is 1. The lowest BCUT2D eigenvalue weighted by molar-refractivity contribution is -0.0598. The van der Waals surface area contributed by atoms with E-state index in [2.05, 4.69) is 4.98 Å². The highest BCUT2D eigenvalue weighted by molar-refractivity contribution is 7.11. The largest absolute Gasteiger partial charge is 0.393 e. The topological polar surface area (TPSA) is 82.9 Å². The molecular formula is C12H18N2O4S. The summed E-state index contributed by atoms with van der Waals surface area (Å²) in [4.78, 5) is 18.6. The van der Waals surface area contributed by atoms with Gasteiger partial charge in [0, 0.05) is 13.7 Å². The highest BCUT2D eigenvalue weighted by Gasteiger charge is 2.35. The van der Waals surface area contributed by atoms with E-state index in [1.165, 1.54) is 11.3 Å². The number of nitrogens with zero attached hydrogens (tertiary/aromatic N) is 2. The molecule has 1 saturated heterocycles. The van der Waals surface area contributed by atoms with Gasteiger partial charge in [-0.1, -0.05) is 0 Å². The molecular weight excluding hydrogens is 268 g/mol. The van der Waals surface area contributed by atoms with Gasteiger partial charge in [0.1, 0.15) is 10.5 Å². The first-order valence-electron chi connectivity index (χ1n) is 6.13. The van der Waals surface area contributed by atoms with E-state index in [9.17, 15) is 15.0 Å². The standard InChI is InChI=1S/C12H18N2O4S/c1-18-5-9-10(19-8-13-9)11(16)14-4-2-3-12(17,6-14)7-15/h8,15,17H,2-7H2,1H3. The maximum atomic E-state index is 12.4. The quantitative estimate of drug-likeness (QED) is 0.829. The van der Waals surface area contributed by atoms with Gasteiger partial charge in [0.05, 0.1) is 31.0 Å². The predicted molar refractivity (Wildman–Crippen MR) is 70.0 cm³/mol. The van der Waals surface area contributed by atoms with Crippen molar-refractivity contribution in [3.8, 4) is 0 Å². The van der Waals surface area contributed by atoms with Crippen LogP contribution in [0.5, 0.6) is 0 Å². The summed E-state index contributed by atoms with van der Waals surface area (Å²) < 4.78 is 5.01. The monoisotopic (exact) mass is 286 g/mol. The maximum Gasteiger partial charge on any atom is 0.266 e. The average Bonchev–Trinajstić information content (AvgIpc) is 2.87. The van der Waals surface area contributed by atoms with Gasteiger partial charge in [-0.3, -0.25) is 4.79 Å². The van der Waals surface area contributed by atoms with Gasteiger partial charge >= 0.3 is 0 Å². The van der Waals surface area contributed by atoms with Gasteiger partial charge in [0.2, 0.25) is 0 Å². The number of likely N-dealkylation sites (tertiary alicyclic amines) is 1. The number of piperidine rings is 1. The Bertz CT molecular complexity index is 451. The number of β-amino-alcohol motifs (C(OH)–C–C–N with tert-alkyl or cyclic N) is 1. The SMILES string of the molecule is COCc1ncsc1C(=O)N1CCCC(O)(CO)C1. The van der Waals surface area contributed by atoms with Crippen molar-refractivity contribution in [2.75, 3.05) is 26.8 Å². The van der Waals surface area contributed by atoms with E-state index in [0.29, 0.717) is 36.6 Å². The number of aromatic nitrogens is 1. The van der Waals surface area contributed by atoms with Crippen LogP contribution in [0.15, 0.2) is 5.51 Å². The van der Waals surface area contributed by atoms with Gasteiger partial charge in [-0.25, -0.2) is 4.98 Å². The number of hydrogen-bond acceptors (Lipinski definition) is 6. The zero-order valence-electron chi connectivity index (χ0n) is 10.8. The first kappa shape index (κ1) is 14.4. The van der Waals surface area contributed by atoms with Crippen molar-refractivity contribution < 1.29 is 19.7 Å². The predicted octanol–water partition coefficient (Wildman–Crippen LogP) is 0.249. The third-order valence-electron chi connectivity index (χ3n) is 3.25. The summed E-state index contributed by atoms with van der Waals surface area (Å²) >= 11 is 1.27. The molecule has 1 aliphatic rings. The number of methoxy groups -OCH3 is 1. The molecule has 0 aliphatic carbocycles. The van der Waals surface area contributed by atoms with Crippen molar-refractivity contribution in [2.45, 2.75) is 25.0 Å². The second kappa shape index (κ2) is 5.96. The highest BCUT2D eigenvalue weighted by Crippen LogP contribution is 2.24. The molecule has 0 spiro atoms. The highest BCUT2D eigenvalue weighted by atomic mass is 32.1. The second-order valence-electron chi connectivity index (χ2n) is 4.77. The van der Waals surface area contributed by atoms with Crippen LogP contribution in [0.1, 0.15) is 28.2 Å². The number of carbonyl (C=O) groups is 1. The Balaban J connectivity index is 2.12. The number of amides is 1. The van der Waals surface area contributed by atoms with Crippen LogP contribution in [-0.2, 0) is 11.3 Å². The summed E-state index contributed by atoms with van der Waals surface area (Å²) in [5.41, 5.74) is 1.06. The first-order valence-corrected chi connectivity index (χ1v) is 7.01. The molecule has 1 aromatic heterocycles. The zero-order chi connectivity index (χ0) is 13.9. The van der Waals surface area contributed by atoms with Crippen LogP contribution in [0.3, 0.4) is 0 Å². The molecule has 1 atom stereocenters. The molecule has 1 unspecified atom stereocenters. The smallest absolute Gasteiger partial charge is 0.266 e. The minimum atomic E-state index is -1.18. The fraction of sp³-hybridized carbons (Fsp3) is 0.667. The average molecular weight is 286 g/mol. The number of thiazole rings is 1. The van der Waals surface area contributed by atoms with E-state index < -0.39 is 5.60 Å². The molecule has 0 bridgehead atoms. The summed E-state index contributed by atoms with van der Waals surface area (Å²) in [6.07, 6.45) is 1.20. The third kappa shape index (κ3) is 3.11. The van der Waals surface area contributed by atoms with Gasteiger partial charge in [-0.15, -0.1) is 11.3 Å². The number of ether oxygens (including phenoxy) is 1. The van der Waals surface area contributed by atoms with E-state index in [1.807, 2.05) is 0 Å². The first-order chi connectivity index (χ1) is 9.09. The Morgan fingerprint density at radius 2 is 2.47 bits per heavy atom. The van der Waals surface area contributed by atoms with Crippen LogP contribution in [0.4, 0.5) is 0 Å². The summed E-state index contributed by atoms with van der Waals surface area (Å²) in [7, 11) is 1.55. The molecule has 2 rings (SSSR count). The van der Waals surface area contributed by atoms with Gasteiger partial charge in [0.25, 0.3) is 5.91 Å². The number of aliphatic hydroxyl groups excluding tert-OH is 1. The lowest BCUT2D eigenvalue weighted by Crippen LogP contribution is -2.52. The normalized spacial score (nSPS) is 23.6. The van der Waals surface area contributed by atoms with Crippen LogP contribution in [0.2, 0.25) is 0 Å². The zero-order valence-corrected chi connectivity index (χ0v) is 11.7. The van der Waals surface area contributed by atoms with Crippen LogP contribution >= 0.6 is 11.3 Å².